The third-order valence-electron chi connectivity index (χ3n) is 4.92. The first-order valence-corrected chi connectivity index (χ1v) is 9.96. The fourth-order valence-corrected chi connectivity index (χ4v) is 4.56. The minimum absolute atomic E-state index is 0.0289. The minimum atomic E-state index is -0.545. The molecule has 2 aliphatic heterocycles. The predicted molar refractivity (Wildman–Crippen MR) is 108 cm³/mol. The maximum Gasteiger partial charge on any atom is 0.269 e. The van der Waals surface area contributed by atoms with E-state index in [4.69, 9.17) is 21.4 Å². The lowest BCUT2D eigenvalue weighted by atomic mass is 9.97. The van der Waals surface area contributed by atoms with Crippen molar-refractivity contribution >= 4 is 34.3 Å². The summed E-state index contributed by atoms with van der Waals surface area (Å²) in [5.41, 5.74) is 2.67. The molecular weight excluding hydrogens is 398 g/mol. The number of hydrogen-bond donors (Lipinski definition) is 0. The Morgan fingerprint density at radius 1 is 1.21 bits per heavy atom. The van der Waals surface area contributed by atoms with Gasteiger partial charge in [0.25, 0.3) is 5.69 Å². The van der Waals surface area contributed by atoms with E-state index in [0.717, 1.165) is 28.3 Å². The highest BCUT2D eigenvalue weighted by molar-refractivity contribution is 7.12. The number of fused-ring (bicyclic) bond motifs is 3. The normalized spacial score (nSPS) is 20.2. The summed E-state index contributed by atoms with van der Waals surface area (Å²) < 4.78 is 6.23. The molecule has 5 rings (SSSR count). The average molecular weight is 412 g/mol. The molecule has 0 unspecified atom stereocenters. The van der Waals surface area contributed by atoms with E-state index in [9.17, 15) is 10.1 Å². The average Bonchev–Trinajstić information content (AvgIpc) is 3.37. The van der Waals surface area contributed by atoms with E-state index >= 15 is 0 Å². The molecule has 0 radical (unpaired) electrons. The highest BCUT2D eigenvalue weighted by Crippen LogP contribution is 2.48. The zero-order valence-electron chi connectivity index (χ0n) is 14.5. The summed E-state index contributed by atoms with van der Waals surface area (Å²) >= 11 is 7.87. The fraction of sp³-hybridized carbons (Fsp3) is 0.150. The molecule has 2 aromatic carbocycles. The predicted octanol–water partition coefficient (Wildman–Crippen LogP) is 5.55. The number of halogens is 1. The van der Waals surface area contributed by atoms with Gasteiger partial charge in [-0.2, -0.15) is 5.10 Å². The van der Waals surface area contributed by atoms with Crippen molar-refractivity contribution in [3.8, 4) is 5.75 Å². The Morgan fingerprint density at radius 2 is 2.11 bits per heavy atom. The maximum absolute atomic E-state index is 11.2. The van der Waals surface area contributed by atoms with Crippen LogP contribution in [0.3, 0.4) is 0 Å². The molecule has 0 saturated heterocycles. The third-order valence-corrected chi connectivity index (χ3v) is 6.08. The highest BCUT2D eigenvalue weighted by Gasteiger charge is 2.41. The topological polar surface area (TPSA) is 68.0 Å². The van der Waals surface area contributed by atoms with E-state index in [1.165, 1.54) is 6.07 Å². The molecule has 1 aromatic heterocycles. The van der Waals surface area contributed by atoms with Gasteiger partial charge in [0, 0.05) is 34.7 Å². The number of benzene rings is 2. The zero-order chi connectivity index (χ0) is 19.3. The molecule has 0 spiro atoms. The molecule has 8 heteroatoms. The number of rotatable bonds is 3. The second kappa shape index (κ2) is 6.61. The number of hydrogen-bond acceptors (Lipinski definition) is 6. The summed E-state index contributed by atoms with van der Waals surface area (Å²) in [6.45, 7) is 0. The molecule has 2 atom stereocenters. The smallest absolute Gasteiger partial charge is 0.269 e. The number of thiophene rings is 1. The van der Waals surface area contributed by atoms with Crippen LogP contribution in [0.1, 0.15) is 34.7 Å². The van der Waals surface area contributed by atoms with Gasteiger partial charge in [0.05, 0.1) is 21.6 Å². The lowest BCUT2D eigenvalue weighted by Gasteiger charge is -2.38. The molecule has 2 aliphatic rings. The Morgan fingerprint density at radius 3 is 2.89 bits per heavy atom. The number of ether oxygens (including phenoxy) is 1. The van der Waals surface area contributed by atoms with E-state index in [2.05, 4.69) is 0 Å². The van der Waals surface area contributed by atoms with Gasteiger partial charge in [-0.1, -0.05) is 29.8 Å². The van der Waals surface area contributed by atoms with Crippen molar-refractivity contribution < 1.29 is 9.66 Å². The Kier molecular flexibility index (Phi) is 4.07. The van der Waals surface area contributed by atoms with Crippen LogP contribution in [0.4, 0.5) is 5.69 Å². The van der Waals surface area contributed by atoms with E-state index in [-0.39, 0.29) is 11.7 Å². The zero-order valence-corrected chi connectivity index (χ0v) is 16.1. The Balaban J connectivity index is 1.62. The summed E-state index contributed by atoms with van der Waals surface area (Å²) in [5, 5.41) is 20.6. The largest absolute Gasteiger partial charge is 0.464 e. The number of non-ortho nitro benzene ring substituents is 1. The Hall–Kier alpha value is -2.90. The van der Waals surface area contributed by atoms with Gasteiger partial charge in [-0.15, -0.1) is 11.3 Å². The lowest BCUT2D eigenvalue weighted by Crippen LogP contribution is -2.33. The molecule has 0 aliphatic carbocycles. The monoisotopic (exact) mass is 411 g/mol. The second-order valence-electron chi connectivity index (χ2n) is 6.63. The van der Waals surface area contributed by atoms with Crippen LogP contribution in [0.25, 0.3) is 0 Å². The molecule has 0 amide bonds. The maximum atomic E-state index is 11.2. The van der Waals surface area contributed by atoms with Gasteiger partial charge in [0.2, 0.25) is 6.23 Å². The minimum Gasteiger partial charge on any atom is -0.464 e. The summed E-state index contributed by atoms with van der Waals surface area (Å²) in [7, 11) is 0. The summed E-state index contributed by atoms with van der Waals surface area (Å²) in [6.07, 6.45) is 0.180. The first-order chi connectivity index (χ1) is 13.6. The van der Waals surface area contributed by atoms with Gasteiger partial charge in [-0.05, 0) is 29.6 Å². The molecule has 140 valence electrons. The summed E-state index contributed by atoms with van der Waals surface area (Å²) in [4.78, 5) is 11.9. The SMILES string of the molecule is O=[N+]([O-])c1cccc([C@@H]2Oc3ccc(Cl)cc3[C@H]3CC(c4cccs4)=NN32)c1. The van der Waals surface area contributed by atoms with Gasteiger partial charge < -0.3 is 4.74 Å². The van der Waals surface area contributed by atoms with Crippen molar-refractivity contribution in [2.45, 2.75) is 18.7 Å². The highest BCUT2D eigenvalue weighted by atomic mass is 35.5. The van der Waals surface area contributed by atoms with Crippen LogP contribution >= 0.6 is 22.9 Å². The van der Waals surface area contributed by atoms with Crippen LogP contribution in [0.2, 0.25) is 5.02 Å². The first kappa shape index (κ1) is 17.2. The van der Waals surface area contributed by atoms with Gasteiger partial charge in [-0.3, -0.25) is 10.1 Å². The number of nitro groups is 1. The summed E-state index contributed by atoms with van der Waals surface area (Å²) in [5.74, 6) is 0.727. The number of nitrogens with zero attached hydrogens (tertiary/aromatic N) is 3. The van der Waals surface area contributed by atoms with Gasteiger partial charge in [0.1, 0.15) is 5.75 Å². The fourth-order valence-electron chi connectivity index (χ4n) is 3.66. The molecule has 6 nitrogen and oxygen atoms in total. The van der Waals surface area contributed by atoms with Gasteiger partial charge >= 0.3 is 0 Å². The molecule has 0 saturated carbocycles. The van der Waals surface area contributed by atoms with Crippen molar-refractivity contribution in [1.82, 2.24) is 5.01 Å². The van der Waals surface area contributed by atoms with Gasteiger partial charge in [-0.25, -0.2) is 5.01 Å². The first-order valence-electron chi connectivity index (χ1n) is 8.70. The number of nitro benzene ring substituents is 1. The third kappa shape index (κ3) is 2.83. The molecule has 0 bridgehead atoms. The molecule has 3 aromatic rings. The lowest BCUT2D eigenvalue weighted by molar-refractivity contribution is -0.385. The van der Waals surface area contributed by atoms with Crippen molar-refractivity contribution in [3.05, 3.63) is 91.1 Å². The van der Waals surface area contributed by atoms with Crippen LogP contribution in [0.15, 0.2) is 65.1 Å². The van der Waals surface area contributed by atoms with Crippen molar-refractivity contribution in [2.24, 2.45) is 5.10 Å². The Labute approximate surface area is 169 Å². The number of hydrazone groups is 1. The van der Waals surface area contributed by atoms with E-state index in [1.807, 2.05) is 40.7 Å². The quantitative estimate of drug-likeness (QED) is 0.418. The Bertz CT molecular complexity index is 1100. The van der Waals surface area contributed by atoms with Gasteiger partial charge in [0.15, 0.2) is 0 Å². The van der Waals surface area contributed by atoms with E-state index in [1.54, 1.807) is 29.5 Å². The van der Waals surface area contributed by atoms with Crippen LogP contribution < -0.4 is 4.74 Å². The van der Waals surface area contributed by atoms with Crippen molar-refractivity contribution in [1.29, 1.82) is 0 Å². The molecule has 0 N–H and O–H groups in total. The molecular formula is C20H14ClN3O3S. The van der Waals surface area contributed by atoms with E-state index < -0.39 is 11.2 Å². The molecule has 28 heavy (non-hydrogen) atoms. The van der Waals surface area contributed by atoms with Crippen LogP contribution in [0, 0.1) is 10.1 Å². The molecule has 3 heterocycles. The standard InChI is InChI=1S/C20H14ClN3O3S/c21-13-6-7-18-15(10-13)17-11-16(19-5-2-8-28-19)22-23(17)20(27-18)12-3-1-4-14(9-12)24(25)26/h1-10,17,20H,11H2/t17-,20+/m1/s1. The molecule has 0 fully saturated rings. The van der Waals surface area contributed by atoms with Crippen LogP contribution in [-0.2, 0) is 0 Å². The second-order valence-corrected chi connectivity index (χ2v) is 8.01. The van der Waals surface area contributed by atoms with Crippen molar-refractivity contribution in [3.63, 3.8) is 0 Å². The van der Waals surface area contributed by atoms with Crippen molar-refractivity contribution in [2.75, 3.05) is 0 Å². The van der Waals surface area contributed by atoms with Crippen LogP contribution in [0.5, 0.6) is 5.75 Å². The van der Waals surface area contributed by atoms with E-state index in [0.29, 0.717) is 10.6 Å². The van der Waals surface area contributed by atoms with Crippen LogP contribution in [-0.4, -0.2) is 15.6 Å². The summed E-state index contributed by atoms with van der Waals surface area (Å²) in [6, 6.07) is 16.1.